The molecule has 4 heteroatoms. The van der Waals surface area contributed by atoms with Crippen molar-refractivity contribution in [3.63, 3.8) is 0 Å². The number of ether oxygens (including phenoxy) is 2. The van der Waals surface area contributed by atoms with Crippen molar-refractivity contribution in [2.45, 2.75) is 32.4 Å². The number of hydrogen-bond acceptors (Lipinski definition) is 3. The van der Waals surface area contributed by atoms with Gasteiger partial charge < -0.3 is 14.4 Å². The number of amides is 1. The lowest BCUT2D eigenvalue weighted by Gasteiger charge is -2.26. The van der Waals surface area contributed by atoms with Crippen LogP contribution in [0.3, 0.4) is 0 Å². The third-order valence-corrected chi connectivity index (χ3v) is 4.15. The Hall–Kier alpha value is -2.49. The van der Waals surface area contributed by atoms with Crippen molar-refractivity contribution < 1.29 is 14.3 Å². The molecule has 0 saturated carbocycles. The van der Waals surface area contributed by atoms with E-state index >= 15 is 0 Å². The van der Waals surface area contributed by atoms with Crippen molar-refractivity contribution in [2.75, 3.05) is 12.0 Å². The SMILES string of the molecule is COc1cccc(O[C@@H](C)C(=O)N2c3ccccc3C[C@@H]2C)c1. The molecule has 1 aliphatic rings. The van der Waals surface area contributed by atoms with Gasteiger partial charge in [-0.25, -0.2) is 0 Å². The van der Waals surface area contributed by atoms with Crippen LogP contribution in [0.4, 0.5) is 5.69 Å². The van der Waals surface area contributed by atoms with E-state index in [4.69, 9.17) is 9.47 Å². The molecule has 1 heterocycles. The second kappa shape index (κ2) is 6.32. The van der Waals surface area contributed by atoms with E-state index < -0.39 is 6.10 Å². The van der Waals surface area contributed by atoms with E-state index in [1.165, 1.54) is 5.56 Å². The molecule has 1 amide bonds. The van der Waals surface area contributed by atoms with Gasteiger partial charge in [0.2, 0.25) is 0 Å². The van der Waals surface area contributed by atoms with Gasteiger partial charge >= 0.3 is 0 Å². The number of methoxy groups -OCH3 is 1. The molecule has 2 aromatic carbocycles. The summed E-state index contributed by atoms with van der Waals surface area (Å²) in [6.45, 7) is 3.85. The van der Waals surface area contributed by atoms with Crippen molar-refractivity contribution in [1.82, 2.24) is 0 Å². The smallest absolute Gasteiger partial charge is 0.268 e. The Morgan fingerprint density at radius 1 is 1.17 bits per heavy atom. The Labute approximate surface area is 136 Å². The summed E-state index contributed by atoms with van der Waals surface area (Å²) in [6.07, 6.45) is 0.323. The monoisotopic (exact) mass is 311 g/mol. The van der Waals surface area contributed by atoms with Crippen LogP contribution in [0.25, 0.3) is 0 Å². The lowest BCUT2D eigenvalue weighted by atomic mass is 10.1. The molecular weight excluding hydrogens is 290 g/mol. The highest BCUT2D eigenvalue weighted by Gasteiger charge is 2.33. The van der Waals surface area contributed by atoms with Crippen LogP contribution >= 0.6 is 0 Å². The van der Waals surface area contributed by atoms with Gasteiger partial charge in [-0.15, -0.1) is 0 Å². The largest absolute Gasteiger partial charge is 0.497 e. The van der Waals surface area contributed by atoms with Crippen LogP contribution in [0.5, 0.6) is 11.5 Å². The first-order valence-corrected chi connectivity index (χ1v) is 7.82. The normalized spacial score (nSPS) is 17.5. The van der Waals surface area contributed by atoms with Gasteiger partial charge in [0.05, 0.1) is 7.11 Å². The van der Waals surface area contributed by atoms with E-state index in [-0.39, 0.29) is 11.9 Å². The average Bonchev–Trinajstić information content (AvgIpc) is 2.90. The summed E-state index contributed by atoms with van der Waals surface area (Å²) >= 11 is 0. The topological polar surface area (TPSA) is 38.8 Å². The Morgan fingerprint density at radius 2 is 1.91 bits per heavy atom. The molecule has 0 bridgehead atoms. The first-order chi connectivity index (χ1) is 11.1. The highest BCUT2D eigenvalue weighted by Crippen LogP contribution is 2.32. The number of para-hydroxylation sites is 1. The van der Waals surface area contributed by atoms with Crippen molar-refractivity contribution in [3.05, 3.63) is 54.1 Å². The zero-order chi connectivity index (χ0) is 16.4. The van der Waals surface area contributed by atoms with E-state index in [2.05, 4.69) is 13.0 Å². The molecule has 2 aromatic rings. The summed E-state index contributed by atoms with van der Waals surface area (Å²) in [4.78, 5) is 14.7. The maximum Gasteiger partial charge on any atom is 0.268 e. The minimum Gasteiger partial charge on any atom is -0.497 e. The molecule has 1 aliphatic heterocycles. The minimum atomic E-state index is -0.560. The quantitative estimate of drug-likeness (QED) is 0.868. The molecule has 0 saturated heterocycles. The minimum absolute atomic E-state index is 0.0229. The first kappa shape index (κ1) is 15.4. The third kappa shape index (κ3) is 3.02. The summed E-state index contributed by atoms with van der Waals surface area (Å²) in [5.74, 6) is 1.32. The Balaban J connectivity index is 1.77. The van der Waals surface area contributed by atoms with Crippen LogP contribution in [0.15, 0.2) is 48.5 Å². The second-order valence-electron chi connectivity index (χ2n) is 5.83. The molecule has 0 radical (unpaired) electrons. The molecule has 0 aromatic heterocycles. The van der Waals surface area contributed by atoms with Gasteiger partial charge in [0.25, 0.3) is 5.91 Å². The highest BCUT2D eigenvalue weighted by atomic mass is 16.5. The van der Waals surface area contributed by atoms with Crippen LogP contribution in [0, 0.1) is 0 Å². The van der Waals surface area contributed by atoms with E-state index in [1.54, 1.807) is 20.1 Å². The molecule has 0 aliphatic carbocycles. The molecule has 3 rings (SSSR count). The average molecular weight is 311 g/mol. The fraction of sp³-hybridized carbons (Fsp3) is 0.316. The molecular formula is C19H21NO3. The van der Waals surface area contributed by atoms with Crippen LogP contribution in [0.2, 0.25) is 0 Å². The van der Waals surface area contributed by atoms with Crippen molar-refractivity contribution >= 4 is 11.6 Å². The fourth-order valence-electron chi connectivity index (χ4n) is 3.03. The lowest BCUT2D eigenvalue weighted by Crippen LogP contribution is -2.43. The molecule has 0 fully saturated rings. The van der Waals surface area contributed by atoms with Gasteiger partial charge in [-0.2, -0.15) is 0 Å². The number of fused-ring (bicyclic) bond motifs is 1. The summed E-state index contributed by atoms with van der Waals surface area (Å²) in [5.41, 5.74) is 2.20. The zero-order valence-electron chi connectivity index (χ0n) is 13.7. The molecule has 2 atom stereocenters. The Bertz CT molecular complexity index is 713. The number of anilines is 1. The van der Waals surface area contributed by atoms with Crippen molar-refractivity contribution in [1.29, 1.82) is 0 Å². The van der Waals surface area contributed by atoms with E-state index in [9.17, 15) is 4.79 Å². The van der Waals surface area contributed by atoms with Crippen molar-refractivity contribution in [3.8, 4) is 11.5 Å². The standard InChI is InChI=1S/C19H21NO3/c1-13-11-15-7-4-5-10-18(15)20(13)19(21)14(2)23-17-9-6-8-16(12-17)22-3/h4-10,12-14H,11H2,1-3H3/t13-,14-/m0/s1. The molecule has 4 nitrogen and oxygen atoms in total. The number of carbonyl (C=O) groups excluding carboxylic acids is 1. The molecule has 120 valence electrons. The maximum absolute atomic E-state index is 12.8. The zero-order valence-corrected chi connectivity index (χ0v) is 13.7. The summed E-state index contributed by atoms with van der Waals surface area (Å²) in [6, 6.07) is 15.5. The van der Waals surface area contributed by atoms with Crippen LogP contribution in [0.1, 0.15) is 19.4 Å². The Morgan fingerprint density at radius 3 is 2.70 bits per heavy atom. The maximum atomic E-state index is 12.8. The number of nitrogens with zero attached hydrogens (tertiary/aromatic N) is 1. The van der Waals surface area contributed by atoms with Gasteiger partial charge in [0.15, 0.2) is 6.10 Å². The van der Waals surface area contributed by atoms with Gasteiger partial charge in [0, 0.05) is 17.8 Å². The lowest BCUT2D eigenvalue weighted by molar-refractivity contribution is -0.124. The van der Waals surface area contributed by atoms with Gasteiger partial charge in [-0.05, 0) is 44.0 Å². The Kier molecular flexibility index (Phi) is 4.24. The van der Waals surface area contributed by atoms with Gasteiger partial charge in [0.1, 0.15) is 11.5 Å². The summed E-state index contributed by atoms with van der Waals surface area (Å²) in [5, 5.41) is 0. The van der Waals surface area contributed by atoms with Gasteiger partial charge in [-0.3, -0.25) is 4.79 Å². The van der Waals surface area contributed by atoms with Gasteiger partial charge in [-0.1, -0.05) is 24.3 Å². The molecule has 0 spiro atoms. The molecule has 0 N–H and O–H groups in total. The van der Waals surface area contributed by atoms with Crippen LogP contribution in [-0.4, -0.2) is 25.2 Å². The van der Waals surface area contributed by atoms with Crippen molar-refractivity contribution in [2.24, 2.45) is 0 Å². The predicted molar refractivity (Wildman–Crippen MR) is 90.2 cm³/mol. The van der Waals surface area contributed by atoms with E-state index in [0.717, 1.165) is 12.1 Å². The molecule has 23 heavy (non-hydrogen) atoms. The summed E-state index contributed by atoms with van der Waals surface area (Å²) in [7, 11) is 1.61. The van der Waals surface area contributed by atoms with Crippen LogP contribution in [-0.2, 0) is 11.2 Å². The number of carbonyl (C=O) groups is 1. The fourth-order valence-corrected chi connectivity index (χ4v) is 3.03. The van der Waals surface area contributed by atoms with E-state index in [0.29, 0.717) is 11.5 Å². The van der Waals surface area contributed by atoms with Crippen LogP contribution < -0.4 is 14.4 Å². The molecule has 0 unspecified atom stereocenters. The number of hydrogen-bond donors (Lipinski definition) is 0. The third-order valence-electron chi connectivity index (χ3n) is 4.15. The number of rotatable bonds is 4. The first-order valence-electron chi connectivity index (χ1n) is 7.82. The number of benzene rings is 2. The van der Waals surface area contributed by atoms with E-state index in [1.807, 2.05) is 41.3 Å². The second-order valence-corrected chi connectivity index (χ2v) is 5.83. The highest BCUT2D eigenvalue weighted by molar-refractivity contribution is 5.99. The predicted octanol–water partition coefficient (Wildman–Crippen LogP) is 3.44. The summed E-state index contributed by atoms with van der Waals surface area (Å²) < 4.78 is 11.0.